The molecule has 9 heteroatoms. The molecule has 26 heavy (non-hydrogen) atoms. The number of ether oxygens (including phenoxy) is 1. The summed E-state index contributed by atoms with van der Waals surface area (Å²) in [5.74, 6) is 0.453. The van der Waals surface area contributed by atoms with Crippen LogP contribution in [0.1, 0.15) is 27.7 Å². The molecule has 1 aliphatic heterocycles. The largest absolute Gasteiger partial charge is 0.496 e. The first-order valence-corrected chi connectivity index (χ1v) is 8.28. The molecule has 0 bridgehead atoms. The van der Waals surface area contributed by atoms with E-state index < -0.39 is 7.12 Å². The van der Waals surface area contributed by atoms with Crippen LogP contribution < -0.4 is 15.7 Å². The zero-order valence-corrected chi connectivity index (χ0v) is 15.7. The van der Waals surface area contributed by atoms with Crippen molar-refractivity contribution >= 4 is 25.2 Å². The van der Waals surface area contributed by atoms with E-state index in [-0.39, 0.29) is 18.3 Å². The standard InChI is InChI=1S/C11H16BNO2.C6H8BNO3/c1-10(2)11(3,4)15-12(14-10)9-6-5-7-13-8-9;1-11-6-3-2-5(4-8-6)7(9)10/h5-8H,1-4H3;2-4,9-10H,1H3. The molecule has 0 saturated carbocycles. The molecular weight excluding hydrogens is 334 g/mol. The van der Waals surface area contributed by atoms with Gasteiger partial charge in [-0.2, -0.15) is 0 Å². The third-order valence-electron chi connectivity index (χ3n) is 4.48. The summed E-state index contributed by atoms with van der Waals surface area (Å²) in [6.45, 7) is 8.18. The molecule has 2 aromatic rings. The molecule has 0 atom stereocenters. The van der Waals surface area contributed by atoms with Crippen molar-refractivity contribution in [2.45, 2.75) is 38.9 Å². The molecule has 2 aromatic heterocycles. The van der Waals surface area contributed by atoms with Crippen LogP contribution in [0.5, 0.6) is 5.88 Å². The first kappa shape index (κ1) is 20.4. The molecule has 2 N–H and O–H groups in total. The van der Waals surface area contributed by atoms with Crippen LogP contribution in [0.15, 0.2) is 42.9 Å². The highest BCUT2D eigenvalue weighted by molar-refractivity contribution is 6.62. The molecule has 0 amide bonds. The van der Waals surface area contributed by atoms with Crippen LogP contribution in [0.25, 0.3) is 0 Å². The molecule has 1 saturated heterocycles. The Labute approximate surface area is 154 Å². The number of rotatable bonds is 3. The van der Waals surface area contributed by atoms with Crippen molar-refractivity contribution in [3.05, 3.63) is 42.9 Å². The second-order valence-electron chi connectivity index (χ2n) is 6.88. The highest BCUT2D eigenvalue weighted by Crippen LogP contribution is 2.36. The Bertz CT molecular complexity index is 680. The van der Waals surface area contributed by atoms with E-state index in [1.54, 1.807) is 18.5 Å². The fraction of sp³-hybridized carbons (Fsp3) is 0.412. The van der Waals surface area contributed by atoms with E-state index in [1.807, 2.05) is 39.8 Å². The number of pyridine rings is 2. The second kappa shape index (κ2) is 8.18. The van der Waals surface area contributed by atoms with Crippen LogP contribution in [0.4, 0.5) is 0 Å². The topological polar surface area (TPSA) is 93.9 Å². The zero-order valence-electron chi connectivity index (χ0n) is 15.7. The summed E-state index contributed by atoms with van der Waals surface area (Å²) in [6, 6.07) is 6.96. The monoisotopic (exact) mass is 358 g/mol. The van der Waals surface area contributed by atoms with Gasteiger partial charge in [0.2, 0.25) is 5.88 Å². The number of methoxy groups -OCH3 is 1. The number of aromatic nitrogens is 2. The Morgan fingerprint density at radius 3 is 2.12 bits per heavy atom. The van der Waals surface area contributed by atoms with Crippen LogP contribution in [-0.4, -0.2) is 52.6 Å². The van der Waals surface area contributed by atoms with Crippen LogP contribution >= 0.6 is 0 Å². The van der Waals surface area contributed by atoms with Crippen LogP contribution in [0, 0.1) is 0 Å². The fourth-order valence-electron chi connectivity index (χ4n) is 2.16. The van der Waals surface area contributed by atoms with Gasteiger partial charge in [-0.15, -0.1) is 0 Å². The quantitative estimate of drug-likeness (QED) is 0.755. The zero-order chi connectivity index (χ0) is 19.4. The summed E-state index contributed by atoms with van der Waals surface area (Å²) in [6.07, 6.45) is 4.88. The van der Waals surface area contributed by atoms with Gasteiger partial charge in [0, 0.05) is 29.5 Å². The summed E-state index contributed by atoms with van der Waals surface area (Å²) in [5.41, 5.74) is 0.753. The van der Waals surface area contributed by atoms with Gasteiger partial charge in [0.25, 0.3) is 0 Å². The average Bonchev–Trinajstić information content (AvgIpc) is 2.84. The molecule has 0 aliphatic carbocycles. The minimum Gasteiger partial charge on any atom is -0.481 e. The Morgan fingerprint density at radius 1 is 1.04 bits per heavy atom. The maximum absolute atomic E-state index is 8.66. The normalized spacial score (nSPS) is 17.3. The van der Waals surface area contributed by atoms with Crippen molar-refractivity contribution in [3.63, 3.8) is 0 Å². The molecule has 1 fully saturated rings. The Kier molecular flexibility index (Phi) is 6.41. The van der Waals surface area contributed by atoms with Gasteiger partial charge >= 0.3 is 14.2 Å². The van der Waals surface area contributed by atoms with Crippen molar-refractivity contribution in [1.82, 2.24) is 9.97 Å². The first-order valence-electron chi connectivity index (χ1n) is 8.28. The van der Waals surface area contributed by atoms with Gasteiger partial charge in [-0.1, -0.05) is 12.1 Å². The predicted molar refractivity (Wildman–Crippen MR) is 101 cm³/mol. The van der Waals surface area contributed by atoms with Crippen LogP contribution in [0.3, 0.4) is 0 Å². The summed E-state index contributed by atoms with van der Waals surface area (Å²) in [4.78, 5) is 7.84. The van der Waals surface area contributed by atoms with E-state index >= 15 is 0 Å². The smallest absolute Gasteiger partial charge is 0.481 e. The lowest BCUT2D eigenvalue weighted by Gasteiger charge is -2.32. The first-order chi connectivity index (χ1) is 12.2. The van der Waals surface area contributed by atoms with Crippen molar-refractivity contribution in [2.75, 3.05) is 7.11 Å². The lowest BCUT2D eigenvalue weighted by Crippen LogP contribution is -2.41. The molecule has 138 valence electrons. The molecular formula is C17H24B2N2O5. The van der Waals surface area contributed by atoms with Gasteiger partial charge in [-0.25, -0.2) is 4.98 Å². The number of hydrogen-bond donors (Lipinski definition) is 2. The van der Waals surface area contributed by atoms with Crippen molar-refractivity contribution < 1.29 is 24.1 Å². The molecule has 0 aromatic carbocycles. The minimum atomic E-state index is -1.46. The lowest BCUT2D eigenvalue weighted by atomic mass is 9.80. The maximum atomic E-state index is 8.66. The lowest BCUT2D eigenvalue weighted by molar-refractivity contribution is 0.00578. The molecule has 1 aliphatic rings. The number of nitrogens with zero attached hydrogens (tertiary/aromatic N) is 2. The SMILES string of the molecule is CC1(C)OB(c2cccnc2)OC1(C)C.COc1ccc(B(O)O)cn1. The molecule has 7 nitrogen and oxygen atoms in total. The van der Waals surface area contributed by atoms with Crippen LogP contribution in [0.2, 0.25) is 0 Å². The minimum absolute atomic E-state index is 0.284. The van der Waals surface area contributed by atoms with E-state index in [0.29, 0.717) is 11.3 Å². The third-order valence-corrected chi connectivity index (χ3v) is 4.48. The van der Waals surface area contributed by atoms with Crippen LogP contribution in [-0.2, 0) is 9.31 Å². The van der Waals surface area contributed by atoms with Crippen molar-refractivity contribution in [2.24, 2.45) is 0 Å². The third kappa shape index (κ3) is 4.82. The summed E-state index contributed by atoms with van der Waals surface area (Å²) in [7, 11) is -0.269. The van der Waals surface area contributed by atoms with Gasteiger partial charge < -0.3 is 24.1 Å². The van der Waals surface area contributed by atoms with Crippen molar-refractivity contribution in [3.8, 4) is 5.88 Å². The van der Waals surface area contributed by atoms with Gasteiger partial charge in [-0.3, -0.25) is 4.98 Å². The summed E-state index contributed by atoms with van der Waals surface area (Å²) < 4.78 is 16.6. The number of hydrogen-bond acceptors (Lipinski definition) is 7. The van der Waals surface area contributed by atoms with Gasteiger partial charge in [0.05, 0.1) is 18.3 Å². The van der Waals surface area contributed by atoms with E-state index in [9.17, 15) is 0 Å². The molecule has 3 rings (SSSR count). The highest BCUT2D eigenvalue weighted by Gasteiger charge is 2.51. The van der Waals surface area contributed by atoms with Gasteiger partial charge in [0.1, 0.15) is 0 Å². The molecule has 3 heterocycles. The second-order valence-corrected chi connectivity index (χ2v) is 6.88. The van der Waals surface area contributed by atoms with E-state index in [4.69, 9.17) is 24.1 Å². The molecule has 0 unspecified atom stereocenters. The summed E-state index contributed by atoms with van der Waals surface area (Å²) in [5, 5.41) is 17.3. The van der Waals surface area contributed by atoms with E-state index in [0.717, 1.165) is 5.46 Å². The average molecular weight is 358 g/mol. The Hall–Kier alpha value is -1.93. The molecule has 0 spiro atoms. The Balaban J connectivity index is 0.000000197. The Morgan fingerprint density at radius 2 is 1.69 bits per heavy atom. The summed E-state index contributed by atoms with van der Waals surface area (Å²) >= 11 is 0. The van der Waals surface area contributed by atoms with Gasteiger partial charge in [0.15, 0.2) is 0 Å². The molecule has 0 radical (unpaired) electrons. The van der Waals surface area contributed by atoms with E-state index in [2.05, 4.69) is 9.97 Å². The highest BCUT2D eigenvalue weighted by atomic mass is 16.7. The van der Waals surface area contributed by atoms with Crippen molar-refractivity contribution in [1.29, 1.82) is 0 Å². The predicted octanol–water partition coefficient (Wildman–Crippen LogP) is 0.151. The van der Waals surface area contributed by atoms with E-state index in [1.165, 1.54) is 19.4 Å². The fourth-order valence-corrected chi connectivity index (χ4v) is 2.16. The maximum Gasteiger partial charge on any atom is 0.496 e. The van der Waals surface area contributed by atoms with Gasteiger partial charge in [-0.05, 0) is 39.8 Å².